The van der Waals surface area contributed by atoms with Crippen molar-refractivity contribution in [3.63, 3.8) is 0 Å². The fraction of sp³-hybridized carbons (Fsp3) is 1.00. The van der Waals surface area contributed by atoms with Gasteiger partial charge in [0.25, 0.3) is 0 Å². The van der Waals surface area contributed by atoms with Gasteiger partial charge in [0.05, 0.1) is 0 Å². The van der Waals surface area contributed by atoms with Crippen molar-refractivity contribution in [3.8, 4) is 0 Å². The predicted octanol–water partition coefficient (Wildman–Crippen LogP) is 2.45. The van der Waals surface area contributed by atoms with Crippen LogP contribution in [0.2, 0.25) is 0 Å². The summed E-state index contributed by atoms with van der Waals surface area (Å²) in [7, 11) is 2.26. The van der Waals surface area contributed by atoms with Crippen molar-refractivity contribution in [3.05, 3.63) is 0 Å². The second-order valence-corrected chi connectivity index (χ2v) is 6.57. The molecule has 0 aromatic heterocycles. The van der Waals surface area contributed by atoms with E-state index in [2.05, 4.69) is 30.7 Å². The summed E-state index contributed by atoms with van der Waals surface area (Å²) in [6, 6.07) is 0. The molecule has 0 amide bonds. The zero-order valence-electron chi connectivity index (χ0n) is 11.3. The molecule has 0 aromatic rings. The van der Waals surface area contributed by atoms with E-state index in [1.165, 1.54) is 58.4 Å². The third-order valence-electron chi connectivity index (χ3n) is 4.66. The van der Waals surface area contributed by atoms with Crippen LogP contribution in [-0.4, -0.2) is 49.6 Å². The van der Waals surface area contributed by atoms with E-state index in [1.807, 2.05) is 0 Å². The second kappa shape index (κ2) is 5.05. The third-order valence-corrected chi connectivity index (χ3v) is 4.66. The van der Waals surface area contributed by atoms with Crippen LogP contribution in [0.3, 0.4) is 0 Å². The summed E-state index contributed by atoms with van der Waals surface area (Å²) in [6.45, 7) is 11.5. The van der Waals surface area contributed by atoms with Gasteiger partial charge in [0.15, 0.2) is 0 Å². The lowest BCUT2D eigenvalue weighted by Gasteiger charge is -2.33. The Kier molecular flexibility index (Phi) is 3.91. The third kappa shape index (κ3) is 3.21. The molecule has 0 aliphatic carbocycles. The Morgan fingerprint density at radius 2 is 1.88 bits per heavy atom. The normalized spacial score (nSPS) is 34.7. The smallest absolute Gasteiger partial charge is 0.00332 e. The van der Waals surface area contributed by atoms with Crippen LogP contribution < -0.4 is 0 Å². The molecule has 0 radical (unpaired) electrons. The Morgan fingerprint density at radius 3 is 2.44 bits per heavy atom. The Morgan fingerprint density at radius 1 is 1.19 bits per heavy atom. The highest BCUT2D eigenvalue weighted by Crippen LogP contribution is 2.33. The maximum Gasteiger partial charge on any atom is 0.00332 e. The SMILES string of the molecule is CC1CCN(CCC2(C)CCN(C)C2)CC1. The van der Waals surface area contributed by atoms with Crippen molar-refractivity contribution >= 4 is 0 Å². The molecule has 2 aliphatic rings. The average molecular weight is 224 g/mol. The van der Waals surface area contributed by atoms with E-state index in [0.717, 1.165) is 5.92 Å². The first-order valence-electron chi connectivity index (χ1n) is 6.98. The highest BCUT2D eigenvalue weighted by Gasteiger charge is 2.32. The maximum atomic E-state index is 2.68. The van der Waals surface area contributed by atoms with Gasteiger partial charge in [-0.25, -0.2) is 0 Å². The molecular formula is C14H28N2. The van der Waals surface area contributed by atoms with Crippen molar-refractivity contribution < 1.29 is 0 Å². The number of rotatable bonds is 3. The van der Waals surface area contributed by atoms with Crippen LogP contribution in [0.15, 0.2) is 0 Å². The van der Waals surface area contributed by atoms with Crippen LogP contribution in [0, 0.1) is 11.3 Å². The van der Waals surface area contributed by atoms with Gasteiger partial charge in [0.1, 0.15) is 0 Å². The van der Waals surface area contributed by atoms with E-state index in [9.17, 15) is 0 Å². The number of likely N-dealkylation sites (tertiary alicyclic amines) is 2. The molecule has 2 fully saturated rings. The first-order chi connectivity index (χ1) is 7.57. The fourth-order valence-electron chi connectivity index (χ4n) is 3.19. The molecule has 0 bridgehead atoms. The van der Waals surface area contributed by atoms with Gasteiger partial charge >= 0.3 is 0 Å². The molecule has 0 N–H and O–H groups in total. The summed E-state index contributed by atoms with van der Waals surface area (Å²) in [5, 5.41) is 0. The van der Waals surface area contributed by atoms with Gasteiger partial charge in [0.2, 0.25) is 0 Å². The molecule has 94 valence electrons. The van der Waals surface area contributed by atoms with Crippen molar-refractivity contribution in [2.75, 3.05) is 39.8 Å². The molecule has 2 heteroatoms. The molecule has 1 unspecified atom stereocenters. The summed E-state index contributed by atoms with van der Waals surface area (Å²) in [4.78, 5) is 5.17. The van der Waals surface area contributed by atoms with E-state index < -0.39 is 0 Å². The Balaban J connectivity index is 1.71. The van der Waals surface area contributed by atoms with Crippen LogP contribution in [0.25, 0.3) is 0 Å². The topological polar surface area (TPSA) is 6.48 Å². The lowest BCUT2D eigenvalue weighted by atomic mass is 9.85. The number of hydrogen-bond donors (Lipinski definition) is 0. The highest BCUT2D eigenvalue weighted by atomic mass is 15.1. The lowest BCUT2D eigenvalue weighted by Crippen LogP contribution is -2.36. The maximum absolute atomic E-state index is 2.68. The van der Waals surface area contributed by atoms with E-state index in [1.54, 1.807) is 0 Å². The second-order valence-electron chi connectivity index (χ2n) is 6.57. The number of piperidine rings is 1. The van der Waals surface area contributed by atoms with Gasteiger partial charge in [0, 0.05) is 6.54 Å². The summed E-state index contributed by atoms with van der Waals surface area (Å²) < 4.78 is 0. The first-order valence-corrected chi connectivity index (χ1v) is 6.98. The molecule has 16 heavy (non-hydrogen) atoms. The minimum Gasteiger partial charge on any atom is -0.306 e. The largest absolute Gasteiger partial charge is 0.306 e. The van der Waals surface area contributed by atoms with Crippen molar-refractivity contribution in [2.45, 2.75) is 39.5 Å². The van der Waals surface area contributed by atoms with E-state index in [-0.39, 0.29) is 0 Å². The summed E-state index contributed by atoms with van der Waals surface area (Å²) in [5.41, 5.74) is 0.595. The zero-order chi connectivity index (χ0) is 11.6. The Labute approximate surface area is 101 Å². The lowest BCUT2D eigenvalue weighted by molar-refractivity contribution is 0.161. The molecule has 0 saturated carbocycles. The van der Waals surface area contributed by atoms with E-state index in [4.69, 9.17) is 0 Å². The van der Waals surface area contributed by atoms with Gasteiger partial charge in [-0.1, -0.05) is 13.8 Å². The summed E-state index contributed by atoms with van der Waals surface area (Å²) in [6.07, 6.45) is 5.62. The molecular weight excluding hydrogens is 196 g/mol. The van der Waals surface area contributed by atoms with Crippen molar-refractivity contribution in [2.24, 2.45) is 11.3 Å². The van der Waals surface area contributed by atoms with Crippen LogP contribution in [0.1, 0.15) is 39.5 Å². The number of nitrogens with zero attached hydrogens (tertiary/aromatic N) is 2. The van der Waals surface area contributed by atoms with Gasteiger partial charge < -0.3 is 9.80 Å². The molecule has 2 heterocycles. The molecule has 0 spiro atoms. The zero-order valence-corrected chi connectivity index (χ0v) is 11.3. The minimum absolute atomic E-state index is 0.595. The molecule has 2 nitrogen and oxygen atoms in total. The van der Waals surface area contributed by atoms with E-state index in [0.29, 0.717) is 5.41 Å². The Hall–Kier alpha value is -0.0800. The molecule has 1 atom stereocenters. The van der Waals surface area contributed by atoms with Crippen LogP contribution >= 0.6 is 0 Å². The van der Waals surface area contributed by atoms with Gasteiger partial charge in [-0.05, 0) is 70.2 Å². The van der Waals surface area contributed by atoms with Crippen molar-refractivity contribution in [1.29, 1.82) is 0 Å². The fourth-order valence-corrected chi connectivity index (χ4v) is 3.19. The highest BCUT2D eigenvalue weighted by molar-refractivity contribution is 4.86. The molecule has 2 rings (SSSR count). The first kappa shape index (κ1) is 12.4. The van der Waals surface area contributed by atoms with Gasteiger partial charge in [-0.15, -0.1) is 0 Å². The molecule has 2 saturated heterocycles. The van der Waals surface area contributed by atoms with Crippen LogP contribution in [0.5, 0.6) is 0 Å². The van der Waals surface area contributed by atoms with Gasteiger partial charge in [-0.2, -0.15) is 0 Å². The standard InChI is InChI=1S/C14H28N2/c1-13-4-8-16(9-5-13)11-7-14(2)6-10-15(3)12-14/h13H,4-12H2,1-3H3. The summed E-state index contributed by atoms with van der Waals surface area (Å²) >= 11 is 0. The van der Waals surface area contributed by atoms with Crippen LogP contribution in [0.4, 0.5) is 0 Å². The van der Waals surface area contributed by atoms with Gasteiger partial charge in [-0.3, -0.25) is 0 Å². The summed E-state index contributed by atoms with van der Waals surface area (Å²) in [5.74, 6) is 0.962. The minimum atomic E-state index is 0.595. The quantitative estimate of drug-likeness (QED) is 0.726. The monoisotopic (exact) mass is 224 g/mol. The molecule has 0 aromatic carbocycles. The average Bonchev–Trinajstić information content (AvgIpc) is 2.59. The molecule has 2 aliphatic heterocycles. The predicted molar refractivity (Wildman–Crippen MR) is 69.7 cm³/mol. The van der Waals surface area contributed by atoms with Crippen molar-refractivity contribution in [1.82, 2.24) is 9.80 Å². The van der Waals surface area contributed by atoms with Crippen LogP contribution in [-0.2, 0) is 0 Å². The number of hydrogen-bond acceptors (Lipinski definition) is 2. The Bertz CT molecular complexity index is 221. The van der Waals surface area contributed by atoms with E-state index >= 15 is 0 Å².